The van der Waals surface area contributed by atoms with Crippen LogP contribution in [-0.2, 0) is 9.59 Å². The Bertz CT molecular complexity index is 550. The molecule has 1 aromatic rings. The molecule has 5 heteroatoms. The van der Waals surface area contributed by atoms with Gasteiger partial charge in [-0.1, -0.05) is 22.4 Å². The van der Waals surface area contributed by atoms with Gasteiger partial charge >= 0.3 is 0 Å². The third kappa shape index (κ3) is 3.25. The van der Waals surface area contributed by atoms with Gasteiger partial charge in [-0.2, -0.15) is 0 Å². The number of amides is 2. The van der Waals surface area contributed by atoms with Crippen molar-refractivity contribution < 1.29 is 14.5 Å². The average Bonchev–Trinajstić information content (AvgIpc) is 2.75. The van der Waals surface area contributed by atoms with Crippen molar-refractivity contribution in [3.63, 3.8) is 0 Å². The standard InChI is InChI=1S/C17H21BrN2O2/c18-13-6-8-14(9-7-13)20-16(21)12-15(17(20)22)19-10-4-2-1-3-5-11-19/h6-9,15H,1-5,10-12H2/p+1/t15-/m0/s1. The molecule has 0 aromatic heterocycles. The summed E-state index contributed by atoms with van der Waals surface area (Å²) in [7, 11) is 0. The number of halogens is 1. The van der Waals surface area contributed by atoms with Gasteiger partial charge in [-0.3, -0.25) is 9.59 Å². The Kier molecular flexibility index (Phi) is 4.93. The lowest BCUT2D eigenvalue weighted by atomic mass is 10.1. The van der Waals surface area contributed by atoms with E-state index >= 15 is 0 Å². The normalized spacial score (nSPS) is 24.4. The van der Waals surface area contributed by atoms with Gasteiger partial charge in [0.15, 0.2) is 6.04 Å². The minimum Gasteiger partial charge on any atom is -0.324 e. The predicted molar refractivity (Wildman–Crippen MR) is 88.8 cm³/mol. The Morgan fingerprint density at radius 1 is 0.955 bits per heavy atom. The molecule has 2 amide bonds. The summed E-state index contributed by atoms with van der Waals surface area (Å²) >= 11 is 3.38. The fraction of sp³-hybridized carbons (Fsp3) is 0.529. The van der Waals surface area contributed by atoms with Crippen molar-refractivity contribution in [2.24, 2.45) is 0 Å². The quantitative estimate of drug-likeness (QED) is 0.813. The topological polar surface area (TPSA) is 41.8 Å². The molecule has 0 unspecified atom stereocenters. The van der Waals surface area contributed by atoms with Gasteiger partial charge in [0, 0.05) is 4.47 Å². The Morgan fingerprint density at radius 2 is 1.55 bits per heavy atom. The second-order valence-electron chi connectivity index (χ2n) is 6.23. The van der Waals surface area contributed by atoms with Crippen molar-refractivity contribution in [3.8, 4) is 0 Å². The largest absolute Gasteiger partial charge is 0.324 e. The first-order valence-electron chi connectivity index (χ1n) is 8.14. The van der Waals surface area contributed by atoms with Gasteiger partial charge in [0.2, 0.25) is 5.91 Å². The van der Waals surface area contributed by atoms with E-state index in [4.69, 9.17) is 0 Å². The first-order chi connectivity index (χ1) is 10.7. The van der Waals surface area contributed by atoms with Crippen molar-refractivity contribution in [2.45, 2.75) is 44.6 Å². The molecule has 4 nitrogen and oxygen atoms in total. The molecule has 0 aliphatic carbocycles. The number of carbonyl (C=O) groups is 2. The summed E-state index contributed by atoms with van der Waals surface area (Å²) in [5, 5.41) is 0. The van der Waals surface area contributed by atoms with E-state index in [1.807, 2.05) is 24.3 Å². The number of imide groups is 1. The van der Waals surface area contributed by atoms with Crippen molar-refractivity contribution >= 4 is 33.4 Å². The maximum Gasteiger partial charge on any atom is 0.292 e. The molecule has 2 aliphatic rings. The van der Waals surface area contributed by atoms with Gasteiger partial charge in [0.25, 0.3) is 5.91 Å². The van der Waals surface area contributed by atoms with Crippen molar-refractivity contribution in [1.82, 2.24) is 0 Å². The molecule has 22 heavy (non-hydrogen) atoms. The van der Waals surface area contributed by atoms with Crippen LogP contribution in [0.3, 0.4) is 0 Å². The molecule has 3 rings (SSSR count). The van der Waals surface area contributed by atoms with Gasteiger partial charge in [0.1, 0.15) is 0 Å². The summed E-state index contributed by atoms with van der Waals surface area (Å²) in [6, 6.07) is 7.20. The number of nitrogens with one attached hydrogen (secondary N) is 1. The molecular formula is C17H22BrN2O2+. The second-order valence-corrected chi connectivity index (χ2v) is 7.14. The molecule has 2 heterocycles. The second kappa shape index (κ2) is 6.92. The fourth-order valence-electron chi connectivity index (χ4n) is 3.52. The SMILES string of the molecule is O=C1C[C@H]([NH+]2CCCCCCC2)C(=O)N1c1ccc(Br)cc1. The monoisotopic (exact) mass is 365 g/mol. The maximum atomic E-state index is 12.8. The van der Waals surface area contributed by atoms with Crippen LogP contribution in [0.1, 0.15) is 38.5 Å². The van der Waals surface area contributed by atoms with E-state index in [0.29, 0.717) is 12.1 Å². The van der Waals surface area contributed by atoms with E-state index < -0.39 is 0 Å². The highest BCUT2D eigenvalue weighted by Crippen LogP contribution is 2.24. The number of nitrogens with zero attached hydrogens (tertiary/aromatic N) is 1. The molecule has 1 aromatic carbocycles. The number of likely N-dealkylation sites (tertiary alicyclic amines) is 1. The first-order valence-corrected chi connectivity index (χ1v) is 8.93. The minimum absolute atomic E-state index is 0.0251. The number of hydrogen-bond donors (Lipinski definition) is 1. The molecule has 118 valence electrons. The van der Waals surface area contributed by atoms with E-state index in [9.17, 15) is 9.59 Å². The zero-order chi connectivity index (χ0) is 15.5. The molecule has 0 radical (unpaired) electrons. The van der Waals surface area contributed by atoms with Crippen LogP contribution in [0, 0.1) is 0 Å². The Balaban J connectivity index is 1.76. The number of carbonyl (C=O) groups excluding carboxylic acids is 2. The maximum absolute atomic E-state index is 12.8. The molecule has 0 spiro atoms. The summed E-state index contributed by atoms with van der Waals surface area (Å²) in [5.74, 6) is -0.0882. The summed E-state index contributed by atoms with van der Waals surface area (Å²) in [4.78, 5) is 27.8. The molecule has 0 saturated carbocycles. The first kappa shape index (κ1) is 15.7. The summed E-state index contributed by atoms with van der Waals surface area (Å²) in [6.45, 7) is 2.02. The van der Waals surface area contributed by atoms with E-state index in [1.54, 1.807) is 0 Å². The summed E-state index contributed by atoms with van der Waals surface area (Å²) in [5.41, 5.74) is 0.687. The lowest BCUT2D eigenvalue weighted by molar-refractivity contribution is -0.915. The van der Waals surface area contributed by atoms with Gasteiger partial charge in [-0.05, 0) is 49.9 Å². The van der Waals surface area contributed by atoms with Crippen molar-refractivity contribution in [3.05, 3.63) is 28.7 Å². The smallest absolute Gasteiger partial charge is 0.292 e. The molecule has 1 atom stereocenters. The number of anilines is 1. The van der Waals surface area contributed by atoms with Crippen molar-refractivity contribution in [1.29, 1.82) is 0 Å². The Morgan fingerprint density at radius 3 is 2.18 bits per heavy atom. The van der Waals surface area contributed by atoms with E-state index in [0.717, 1.165) is 30.4 Å². The Hall–Kier alpha value is -1.20. The molecule has 2 aliphatic heterocycles. The molecular weight excluding hydrogens is 344 g/mol. The number of quaternary nitrogens is 1. The number of hydrogen-bond acceptors (Lipinski definition) is 2. The lowest BCUT2D eigenvalue weighted by Crippen LogP contribution is -3.16. The molecule has 0 bridgehead atoms. The highest BCUT2D eigenvalue weighted by molar-refractivity contribution is 9.10. The van der Waals surface area contributed by atoms with Crippen LogP contribution in [0.25, 0.3) is 0 Å². The van der Waals surface area contributed by atoms with Crippen LogP contribution >= 0.6 is 15.9 Å². The predicted octanol–water partition coefficient (Wildman–Crippen LogP) is 1.93. The molecule has 2 fully saturated rings. The molecule has 2 saturated heterocycles. The number of rotatable bonds is 2. The zero-order valence-electron chi connectivity index (χ0n) is 12.7. The third-order valence-electron chi connectivity index (χ3n) is 4.72. The number of benzene rings is 1. The van der Waals surface area contributed by atoms with Gasteiger partial charge in [-0.25, -0.2) is 4.90 Å². The fourth-order valence-corrected chi connectivity index (χ4v) is 3.78. The third-order valence-corrected chi connectivity index (χ3v) is 5.25. The zero-order valence-corrected chi connectivity index (χ0v) is 14.3. The van der Waals surface area contributed by atoms with Crippen LogP contribution in [0.4, 0.5) is 5.69 Å². The lowest BCUT2D eigenvalue weighted by Gasteiger charge is -2.26. The molecule has 1 N–H and O–H groups in total. The van der Waals surface area contributed by atoms with Crippen LogP contribution in [0.15, 0.2) is 28.7 Å². The summed E-state index contributed by atoms with van der Waals surface area (Å²) in [6.07, 6.45) is 6.46. The minimum atomic E-state index is -0.186. The van der Waals surface area contributed by atoms with E-state index in [1.165, 1.54) is 29.1 Å². The highest BCUT2D eigenvalue weighted by atomic mass is 79.9. The average molecular weight is 366 g/mol. The van der Waals surface area contributed by atoms with Gasteiger partial charge < -0.3 is 4.90 Å². The van der Waals surface area contributed by atoms with Crippen LogP contribution in [0.2, 0.25) is 0 Å². The highest BCUT2D eigenvalue weighted by Gasteiger charge is 2.45. The van der Waals surface area contributed by atoms with Gasteiger partial charge in [-0.15, -0.1) is 0 Å². The summed E-state index contributed by atoms with van der Waals surface area (Å²) < 4.78 is 0.946. The van der Waals surface area contributed by atoms with E-state index in [2.05, 4.69) is 15.9 Å². The van der Waals surface area contributed by atoms with Crippen LogP contribution in [0.5, 0.6) is 0 Å². The van der Waals surface area contributed by atoms with Gasteiger partial charge in [0.05, 0.1) is 25.2 Å². The Labute approximate surface area is 139 Å². The van der Waals surface area contributed by atoms with Crippen LogP contribution in [-0.4, -0.2) is 30.9 Å². The van der Waals surface area contributed by atoms with Crippen molar-refractivity contribution in [2.75, 3.05) is 18.0 Å². The van der Waals surface area contributed by atoms with Crippen LogP contribution < -0.4 is 9.80 Å². The van der Waals surface area contributed by atoms with E-state index in [-0.39, 0.29) is 17.9 Å².